The second-order valence-electron chi connectivity index (χ2n) is 6.95. The highest BCUT2D eigenvalue weighted by atomic mass is 16.5. The van der Waals surface area contributed by atoms with Crippen molar-refractivity contribution in [3.05, 3.63) is 23.8 Å². The number of ether oxygens (including phenoxy) is 3. The topological polar surface area (TPSA) is 54.0 Å². The minimum Gasteiger partial charge on any atom is -0.497 e. The highest BCUT2D eigenvalue weighted by Gasteiger charge is 2.38. The van der Waals surface area contributed by atoms with Crippen molar-refractivity contribution in [1.82, 2.24) is 0 Å². The van der Waals surface area contributed by atoms with Gasteiger partial charge in [-0.05, 0) is 64.2 Å². The van der Waals surface area contributed by atoms with E-state index in [1.54, 1.807) is 14.2 Å². The van der Waals surface area contributed by atoms with E-state index in [-0.39, 0.29) is 5.97 Å². The number of hydrogen-bond donors (Lipinski definition) is 0. The van der Waals surface area contributed by atoms with Crippen LogP contribution in [0.4, 0.5) is 0 Å². The van der Waals surface area contributed by atoms with Crippen LogP contribution in [0.5, 0.6) is 5.75 Å². The number of methoxy groups -OCH3 is 2. The standard InChI is InChI=1S/C19H31BO5/c1-8-24-17(21)12-9-14-13-15(22-6)10-11-16(14)20-25-19(4,5)18(2,3)23-7/h10-11,13,20H,8-9,12H2,1-7H3. The molecule has 0 fully saturated rings. The van der Waals surface area contributed by atoms with Crippen LogP contribution < -0.4 is 10.2 Å². The molecular formula is C19H31BO5. The molecule has 140 valence electrons. The Labute approximate surface area is 152 Å². The number of rotatable bonds is 10. The van der Waals surface area contributed by atoms with Crippen molar-refractivity contribution >= 4 is 18.9 Å². The lowest BCUT2D eigenvalue weighted by Gasteiger charge is -2.40. The fourth-order valence-electron chi connectivity index (χ4n) is 2.25. The van der Waals surface area contributed by atoms with Gasteiger partial charge in [0.05, 0.1) is 24.9 Å². The van der Waals surface area contributed by atoms with E-state index in [2.05, 4.69) is 0 Å². The van der Waals surface area contributed by atoms with Crippen molar-refractivity contribution in [2.75, 3.05) is 20.8 Å². The Morgan fingerprint density at radius 2 is 1.80 bits per heavy atom. The molecule has 5 nitrogen and oxygen atoms in total. The van der Waals surface area contributed by atoms with Crippen LogP contribution >= 0.6 is 0 Å². The van der Waals surface area contributed by atoms with Crippen molar-refractivity contribution in [2.24, 2.45) is 0 Å². The Kier molecular flexibility index (Phi) is 7.96. The van der Waals surface area contributed by atoms with Crippen molar-refractivity contribution < 1.29 is 23.7 Å². The number of benzene rings is 1. The number of carbonyl (C=O) groups is 1. The van der Waals surface area contributed by atoms with Crippen LogP contribution in [0.1, 0.15) is 46.6 Å². The summed E-state index contributed by atoms with van der Waals surface area (Å²) in [5, 5.41) is 0. The van der Waals surface area contributed by atoms with Crippen LogP contribution in [0.3, 0.4) is 0 Å². The van der Waals surface area contributed by atoms with Gasteiger partial charge in [-0.25, -0.2) is 0 Å². The quantitative estimate of drug-likeness (QED) is 0.479. The van der Waals surface area contributed by atoms with Gasteiger partial charge in [0.15, 0.2) is 0 Å². The molecule has 0 N–H and O–H groups in total. The second-order valence-corrected chi connectivity index (χ2v) is 6.95. The van der Waals surface area contributed by atoms with Gasteiger partial charge in [0, 0.05) is 13.5 Å². The molecule has 1 rings (SSSR count). The van der Waals surface area contributed by atoms with Gasteiger partial charge in [0.1, 0.15) is 5.75 Å². The van der Waals surface area contributed by atoms with Crippen molar-refractivity contribution in [3.8, 4) is 5.75 Å². The van der Waals surface area contributed by atoms with E-state index in [0.717, 1.165) is 16.8 Å². The molecule has 0 saturated heterocycles. The monoisotopic (exact) mass is 350 g/mol. The minimum absolute atomic E-state index is 0.196. The molecule has 0 atom stereocenters. The zero-order valence-electron chi connectivity index (χ0n) is 16.6. The van der Waals surface area contributed by atoms with Crippen LogP contribution in [0.15, 0.2) is 18.2 Å². The molecule has 0 radical (unpaired) electrons. The highest BCUT2D eigenvalue weighted by molar-refractivity contribution is 6.47. The van der Waals surface area contributed by atoms with Gasteiger partial charge >= 0.3 is 13.5 Å². The smallest absolute Gasteiger partial charge is 0.309 e. The zero-order valence-corrected chi connectivity index (χ0v) is 16.6. The number of aryl methyl sites for hydroxylation is 1. The summed E-state index contributed by atoms with van der Waals surface area (Å²) >= 11 is 0. The summed E-state index contributed by atoms with van der Waals surface area (Å²) in [4.78, 5) is 11.7. The van der Waals surface area contributed by atoms with Crippen molar-refractivity contribution in [1.29, 1.82) is 0 Å². The number of carbonyl (C=O) groups excluding carboxylic acids is 1. The van der Waals surface area contributed by atoms with Gasteiger partial charge in [-0.2, -0.15) is 0 Å². The molecule has 0 bridgehead atoms. The van der Waals surface area contributed by atoms with E-state index < -0.39 is 11.2 Å². The first-order valence-corrected chi connectivity index (χ1v) is 8.67. The lowest BCUT2D eigenvalue weighted by Crippen LogP contribution is -2.50. The second kappa shape index (κ2) is 9.25. The summed E-state index contributed by atoms with van der Waals surface area (Å²) in [5.74, 6) is 0.567. The summed E-state index contributed by atoms with van der Waals surface area (Å²) in [6, 6.07) is 5.84. The van der Waals surface area contributed by atoms with E-state index in [9.17, 15) is 4.79 Å². The molecule has 0 aliphatic rings. The maximum Gasteiger partial charge on any atom is 0.309 e. The van der Waals surface area contributed by atoms with Crippen LogP contribution in [0.2, 0.25) is 0 Å². The van der Waals surface area contributed by atoms with Crippen molar-refractivity contribution in [3.63, 3.8) is 0 Å². The fraction of sp³-hybridized carbons (Fsp3) is 0.632. The van der Waals surface area contributed by atoms with E-state index in [1.165, 1.54) is 0 Å². The molecule has 0 heterocycles. The van der Waals surface area contributed by atoms with Gasteiger partial charge in [-0.15, -0.1) is 0 Å². The van der Waals surface area contributed by atoms with Crippen LogP contribution in [-0.4, -0.2) is 45.5 Å². The van der Waals surface area contributed by atoms with E-state index in [0.29, 0.717) is 26.9 Å². The van der Waals surface area contributed by atoms with Gasteiger partial charge in [0.2, 0.25) is 0 Å². The summed E-state index contributed by atoms with van der Waals surface area (Å²) in [5.41, 5.74) is 1.16. The molecule has 25 heavy (non-hydrogen) atoms. The normalized spacial score (nSPS) is 12.0. The van der Waals surface area contributed by atoms with E-state index >= 15 is 0 Å². The molecule has 0 saturated carbocycles. The lowest BCUT2D eigenvalue weighted by atomic mass is 9.79. The minimum atomic E-state index is -0.472. The van der Waals surface area contributed by atoms with Gasteiger partial charge in [-0.3, -0.25) is 4.79 Å². The van der Waals surface area contributed by atoms with Crippen LogP contribution in [0.25, 0.3) is 0 Å². The maximum atomic E-state index is 11.7. The lowest BCUT2D eigenvalue weighted by molar-refractivity contribution is -0.143. The predicted octanol–water partition coefficient (Wildman–Crippen LogP) is 2.39. The zero-order chi connectivity index (χ0) is 19.1. The fourth-order valence-corrected chi connectivity index (χ4v) is 2.25. The van der Waals surface area contributed by atoms with Crippen molar-refractivity contribution in [2.45, 2.75) is 58.7 Å². The van der Waals surface area contributed by atoms with Gasteiger partial charge in [-0.1, -0.05) is 6.07 Å². The summed E-state index contributed by atoms with van der Waals surface area (Å²) < 4.78 is 22.0. The molecule has 6 heteroatoms. The Morgan fingerprint density at radius 3 is 2.36 bits per heavy atom. The molecular weight excluding hydrogens is 319 g/mol. The van der Waals surface area contributed by atoms with E-state index in [1.807, 2.05) is 52.8 Å². The van der Waals surface area contributed by atoms with Crippen LogP contribution in [-0.2, 0) is 25.3 Å². The van der Waals surface area contributed by atoms with Crippen LogP contribution in [0, 0.1) is 0 Å². The predicted molar refractivity (Wildman–Crippen MR) is 101 cm³/mol. The molecule has 0 aromatic heterocycles. The Hall–Kier alpha value is -1.53. The third kappa shape index (κ3) is 6.05. The molecule has 0 unspecified atom stereocenters. The average Bonchev–Trinajstić information content (AvgIpc) is 2.58. The summed E-state index contributed by atoms with van der Waals surface area (Å²) in [7, 11) is 3.75. The third-order valence-corrected chi connectivity index (χ3v) is 4.87. The Morgan fingerprint density at radius 1 is 1.12 bits per heavy atom. The summed E-state index contributed by atoms with van der Waals surface area (Å²) in [6.45, 7) is 10.2. The molecule has 1 aromatic carbocycles. The Balaban J connectivity index is 2.89. The Bertz CT molecular complexity index is 569. The molecule has 0 aliphatic carbocycles. The molecule has 1 aromatic rings. The highest BCUT2D eigenvalue weighted by Crippen LogP contribution is 2.28. The van der Waals surface area contributed by atoms with Gasteiger partial charge in [0.25, 0.3) is 0 Å². The number of hydrogen-bond acceptors (Lipinski definition) is 5. The third-order valence-electron chi connectivity index (χ3n) is 4.87. The molecule has 0 spiro atoms. The average molecular weight is 350 g/mol. The summed E-state index contributed by atoms with van der Waals surface area (Å²) in [6.07, 6.45) is 0.920. The molecule has 0 amide bonds. The first-order valence-electron chi connectivity index (χ1n) is 8.67. The largest absolute Gasteiger partial charge is 0.497 e. The first-order chi connectivity index (χ1) is 11.7. The molecule has 0 aliphatic heterocycles. The maximum absolute atomic E-state index is 11.7. The SMILES string of the molecule is CCOC(=O)CCc1cc(OC)ccc1BOC(C)(C)C(C)(C)OC. The number of esters is 1. The van der Waals surface area contributed by atoms with E-state index in [4.69, 9.17) is 18.9 Å². The van der Waals surface area contributed by atoms with Gasteiger partial charge < -0.3 is 18.9 Å². The first kappa shape index (κ1) is 21.5.